The molecule has 11 heteroatoms. The van der Waals surface area contributed by atoms with Crippen molar-refractivity contribution in [3.05, 3.63) is 24.0 Å². The second-order valence-corrected chi connectivity index (χ2v) is 9.33. The van der Waals surface area contributed by atoms with Crippen molar-refractivity contribution in [3.63, 3.8) is 0 Å². The Hall–Kier alpha value is -1.26. The Morgan fingerprint density at radius 2 is 1.89 bits per heavy atom. The van der Waals surface area contributed by atoms with Crippen LogP contribution in [0.25, 0.3) is 0 Å². The quantitative estimate of drug-likeness (QED) is 0.340. The molecule has 0 aromatic rings. The van der Waals surface area contributed by atoms with Gasteiger partial charge in [0.15, 0.2) is 6.23 Å². The predicted molar refractivity (Wildman–Crippen MR) is 102 cm³/mol. The van der Waals surface area contributed by atoms with Crippen LogP contribution in [0.15, 0.2) is 24.0 Å². The lowest BCUT2D eigenvalue weighted by atomic mass is 10.1. The zero-order chi connectivity index (χ0) is 21.1. The van der Waals surface area contributed by atoms with Crippen LogP contribution in [0.2, 0.25) is 0 Å². The molecule has 0 unspecified atom stereocenters. The fraction of sp³-hybridized carbons (Fsp3) is 0.706. The van der Waals surface area contributed by atoms with Crippen molar-refractivity contribution in [2.45, 2.75) is 70.7 Å². The monoisotopic (exact) mass is 419 g/mol. The van der Waals surface area contributed by atoms with Crippen molar-refractivity contribution >= 4 is 13.6 Å². The van der Waals surface area contributed by atoms with Crippen LogP contribution in [0.3, 0.4) is 0 Å². The second-order valence-electron chi connectivity index (χ2n) is 7.46. The second kappa shape index (κ2) is 9.49. The van der Waals surface area contributed by atoms with Gasteiger partial charge in [0.25, 0.3) is 0 Å². The lowest BCUT2D eigenvalue weighted by Gasteiger charge is -2.28. The van der Waals surface area contributed by atoms with Gasteiger partial charge in [-0.2, -0.15) is 0 Å². The number of aliphatic hydroxyl groups excluding tert-OH is 2. The summed E-state index contributed by atoms with van der Waals surface area (Å²) in [6.45, 7) is 7.08. The lowest BCUT2D eigenvalue weighted by molar-refractivity contribution is -0.133. The van der Waals surface area contributed by atoms with E-state index in [1.807, 2.05) is 27.7 Å². The molecule has 0 saturated carbocycles. The van der Waals surface area contributed by atoms with E-state index in [0.29, 0.717) is 0 Å². The Morgan fingerprint density at radius 1 is 1.29 bits per heavy atom. The minimum absolute atomic E-state index is 0.108. The highest BCUT2D eigenvalue weighted by atomic mass is 31.2. The third-order valence-electron chi connectivity index (χ3n) is 4.10. The molecule has 0 bridgehead atoms. The van der Waals surface area contributed by atoms with Crippen molar-refractivity contribution in [1.82, 2.24) is 15.1 Å². The maximum absolute atomic E-state index is 12.9. The van der Waals surface area contributed by atoms with Crippen LogP contribution in [-0.4, -0.2) is 69.4 Å². The van der Waals surface area contributed by atoms with Gasteiger partial charge in [0, 0.05) is 30.9 Å². The van der Waals surface area contributed by atoms with Crippen LogP contribution in [-0.2, 0) is 18.6 Å². The Morgan fingerprint density at radius 3 is 2.43 bits per heavy atom. The van der Waals surface area contributed by atoms with Gasteiger partial charge in [0.05, 0.1) is 12.2 Å². The summed E-state index contributed by atoms with van der Waals surface area (Å²) in [5, 5.41) is 35.5. The van der Waals surface area contributed by atoms with E-state index >= 15 is 0 Å². The minimum atomic E-state index is -3.40. The molecule has 0 aromatic carbocycles. The molecule has 2 heterocycles. The van der Waals surface area contributed by atoms with E-state index in [9.17, 15) is 19.6 Å². The van der Waals surface area contributed by atoms with Crippen molar-refractivity contribution in [2.75, 3.05) is 6.61 Å². The smallest absolute Gasteiger partial charge is 0.341 e. The summed E-state index contributed by atoms with van der Waals surface area (Å²) >= 11 is 0. The number of nitrogens with one attached hydrogen (secondary N) is 2. The zero-order valence-corrected chi connectivity index (χ0v) is 17.4. The molecular formula is C17H30N3O7P. The SMILES string of the molecule is CC(C)NP(=O)(NC(C)C)OC[C@H]1O[C@@H](N2C=CCC(C(=O)O)=C2)[C@H](O)[C@@H]1O. The van der Waals surface area contributed by atoms with Crippen molar-refractivity contribution in [3.8, 4) is 0 Å². The Kier molecular flexibility index (Phi) is 7.81. The zero-order valence-electron chi connectivity index (χ0n) is 16.5. The number of hydrogen-bond donors (Lipinski definition) is 5. The topological polar surface area (TPSA) is 141 Å². The number of allylic oxidation sites excluding steroid dienone is 1. The van der Waals surface area contributed by atoms with Crippen LogP contribution in [0.4, 0.5) is 0 Å². The first-order chi connectivity index (χ1) is 13.0. The largest absolute Gasteiger partial charge is 0.478 e. The molecule has 0 aromatic heterocycles. The number of carbonyl (C=O) groups is 1. The van der Waals surface area contributed by atoms with Crippen LogP contribution in [0.1, 0.15) is 34.1 Å². The highest BCUT2D eigenvalue weighted by Gasteiger charge is 2.46. The van der Waals surface area contributed by atoms with E-state index in [4.69, 9.17) is 14.4 Å². The Labute approximate surface area is 164 Å². The molecule has 2 aliphatic rings. The molecule has 0 radical (unpaired) electrons. The molecule has 5 N–H and O–H groups in total. The third-order valence-corrected chi connectivity index (χ3v) is 6.33. The summed E-state index contributed by atoms with van der Waals surface area (Å²) in [5.41, 5.74) is 0.138. The van der Waals surface area contributed by atoms with E-state index in [0.717, 1.165) is 0 Å². The summed E-state index contributed by atoms with van der Waals surface area (Å²) in [6.07, 6.45) is 0.335. The average Bonchev–Trinajstić information content (AvgIpc) is 2.87. The highest BCUT2D eigenvalue weighted by Crippen LogP contribution is 2.40. The highest BCUT2D eigenvalue weighted by molar-refractivity contribution is 7.54. The number of hydrogen-bond acceptors (Lipinski definition) is 7. The fourth-order valence-corrected chi connectivity index (χ4v) is 4.90. The lowest BCUT2D eigenvalue weighted by Crippen LogP contribution is -2.40. The summed E-state index contributed by atoms with van der Waals surface area (Å²) in [5.74, 6) is -1.07. The van der Waals surface area contributed by atoms with Gasteiger partial charge < -0.3 is 29.5 Å². The summed E-state index contributed by atoms with van der Waals surface area (Å²) in [7, 11) is -3.40. The first-order valence-corrected chi connectivity index (χ1v) is 10.8. The van der Waals surface area contributed by atoms with E-state index in [1.54, 1.807) is 12.3 Å². The molecule has 2 aliphatic heterocycles. The van der Waals surface area contributed by atoms with Gasteiger partial charge in [-0.1, -0.05) is 6.08 Å². The van der Waals surface area contributed by atoms with Crippen molar-refractivity contribution < 1.29 is 33.9 Å². The van der Waals surface area contributed by atoms with Gasteiger partial charge in [0.1, 0.15) is 18.3 Å². The number of carboxylic acids is 1. The van der Waals surface area contributed by atoms with Crippen LogP contribution in [0.5, 0.6) is 0 Å². The normalized spacial score (nSPS) is 28.3. The third kappa shape index (κ3) is 5.87. The Balaban J connectivity index is 2.05. The number of nitrogens with zero attached hydrogens (tertiary/aromatic N) is 1. The van der Waals surface area contributed by atoms with Gasteiger partial charge in [-0.25, -0.2) is 15.0 Å². The predicted octanol–water partition coefficient (Wildman–Crippen LogP) is 0.742. The number of aliphatic hydroxyl groups is 2. The molecule has 0 aliphatic carbocycles. The molecule has 160 valence electrons. The maximum Gasteiger partial charge on any atom is 0.341 e. The van der Waals surface area contributed by atoms with Crippen LogP contribution < -0.4 is 10.2 Å². The number of ether oxygens (including phenoxy) is 1. The van der Waals surface area contributed by atoms with Crippen molar-refractivity contribution in [2.24, 2.45) is 0 Å². The van der Waals surface area contributed by atoms with E-state index < -0.39 is 38.2 Å². The van der Waals surface area contributed by atoms with Crippen LogP contribution >= 0.6 is 7.67 Å². The molecule has 4 atom stereocenters. The summed E-state index contributed by atoms with van der Waals surface area (Å²) in [4.78, 5) is 12.6. The number of carboxylic acid groups (broad SMARTS) is 1. The first-order valence-electron chi connectivity index (χ1n) is 9.22. The molecule has 2 rings (SSSR count). The standard InChI is InChI=1S/C17H30N3O7P/c1-10(2)18-28(25,19-11(3)4)26-9-13-14(21)15(22)16(27-13)20-7-5-6-12(8-20)17(23)24/h5,7-8,10-11,13-16,21-22H,6,9H2,1-4H3,(H,23,24)(H2,18,19,25)/t13-,14-,15-,16-/m1/s1. The fourth-order valence-electron chi connectivity index (χ4n) is 2.96. The average molecular weight is 419 g/mol. The first kappa shape index (κ1) is 23.0. The molecule has 10 nitrogen and oxygen atoms in total. The molecule has 1 fully saturated rings. The molecular weight excluding hydrogens is 389 g/mol. The van der Waals surface area contributed by atoms with Gasteiger partial charge in [-0.15, -0.1) is 0 Å². The van der Waals surface area contributed by atoms with Crippen LogP contribution in [0, 0.1) is 0 Å². The Bertz CT molecular complexity index is 653. The molecule has 0 spiro atoms. The van der Waals surface area contributed by atoms with Gasteiger partial charge in [-0.05, 0) is 27.7 Å². The molecule has 28 heavy (non-hydrogen) atoms. The summed E-state index contributed by atoms with van der Waals surface area (Å²) < 4.78 is 24.2. The van der Waals surface area contributed by atoms with Gasteiger partial charge >= 0.3 is 13.6 Å². The van der Waals surface area contributed by atoms with E-state index in [1.165, 1.54) is 11.1 Å². The van der Waals surface area contributed by atoms with E-state index in [2.05, 4.69) is 10.2 Å². The summed E-state index contributed by atoms with van der Waals surface area (Å²) in [6, 6.07) is -0.217. The maximum atomic E-state index is 12.9. The minimum Gasteiger partial charge on any atom is -0.478 e. The van der Waals surface area contributed by atoms with Gasteiger partial charge in [0.2, 0.25) is 0 Å². The van der Waals surface area contributed by atoms with Crippen molar-refractivity contribution in [1.29, 1.82) is 0 Å². The van der Waals surface area contributed by atoms with E-state index in [-0.39, 0.29) is 30.7 Å². The molecule has 1 saturated heterocycles. The van der Waals surface area contributed by atoms with Gasteiger partial charge in [-0.3, -0.25) is 4.57 Å². The number of aliphatic carboxylic acids is 1. The molecule has 0 amide bonds. The number of rotatable bonds is 9.